The second-order valence-electron chi connectivity index (χ2n) is 5.88. The van der Waals surface area contributed by atoms with Gasteiger partial charge in [-0.2, -0.15) is 5.10 Å². The van der Waals surface area contributed by atoms with Crippen LogP contribution in [0.25, 0.3) is 0 Å². The van der Waals surface area contributed by atoms with Crippen LogP contribution in [-0.2, 0) is 13.5 Å². The molecule has 0 bridgehead atoms. The van der Waals surface area contributed by atoms with Crippen LogP contribution in [0.4, 0.5) is 0 Å². The highest BCUT2D eigenvalue weighted by Crippen LogP contribution is 2.35. The van der Waals surface area contributed by atoms with E-state index in [1.54, 1.807) is 0 Å². The van der Waals surface area contributed by atoms with Crippen molar-refractivity contribution >= 4 is 11.6 Å². The summed E-state index contributed by atoms with van der Waals surface area (Å²) >= 11 is 6.44. The lowest BCUT2D eigenvalue weighted by Crippen LogP contribution is -2.36. The Morgan fingerprint density at radius 1 is 1.30 bits per heavy atom. The van der Waals surface area contributed by atoms with E-state index in [0.29, 0.717) is 0 Å². The maximum absolute atomic E-state index is 6.44. The van der Waals surface area contributed by atoms with Crippen molar-refractivity contribution in [1.29, 1.82) is 0 Å². The molecule has 1 heterocycles. The number of aryl methyl sites for hydroxylation is 2. The molecule has 0 amide bonds. The van der Waals surface area contributed by atoms with Gasteiger partial charge in [0, 0.05) is 13.6 Å². The number of unbranched alkanes of at least 4 members (excludes halogenated alkanes) is 1. The Kier molecular flexibility index (Phi) is 7.04. The molecule has 0 fully saturated rings. The molecule has 0 spiro atoms. The van der Waals surface area contributed by atoms with Crippen molar-refractivity contribution in [2.45, 2.75) is 59.8 Å². The minimum absolute atomic E-state index is 0.288. The summed E-state index contributed by atoms with van der Waals surface area (Å²) in [5.41, 5.74) is 2.41. The van der Waals surface area contributed by atoms with E-state index in [-0.39, 0.29) is 5.41 Å². The molecule has 1 aromatic heterocycles. The molecular formula is C16H30ClN3. The van der Waals surface area contributed by atoms with Crippen LogP contribution in [0.1, 0.15) is 57.8 Å². The summed E-state index contributed by atoms with van der Waals surface area (Å²) in [5, 5.41) is 8.84. The second kappa shape index (κ2) is 8.04. The van der Waals surface area contributed by atoms with Crippen molar-refractivity contribution in [3.8, 4) is 0 Å². The molecule has 20 heavy (non-hydrogen) atoms. The lowest BCUT2D eigenvalue weighted by atomic mass is 9.76. The minimum atomic E-state index is 0.288. The number of hydrogen-bond acceptors (Lipinski definition) is 2. The van der Waals surface area contributed by atoms with E-state index >= 15 is 0 Å². The van der Waals surface area contributed by atoms with E-state index < -0.39 is 0 Å². The van der Waals surface area contributed by atoms with Crippen LogP contribution in [0, 0.1) is 12.3 Å². The summed E-state index contributed by atoms with van der Waals surface area (Å²) in [6.45, 7) is 10.8. The molecule has 116 valence electrons. The first-order valence-corrected chi connectivity index (χ1v) is 8.26. The smallest absolute Gasteiger partial charge is 0.0847 e. The number of halogens is 1. The molecule has 1 N–H and O–H groups in total. The average Bonchev–Trinajstić information content (AvgIpc) is 2.68. The summed E-state index contributed by atoms with van der Waals surface area (Å²) in [7, 11) is 2.00. The Morgan fingerprint density at radius 3 is 2.45 bits per heavy atom. The predicted octanol–water partition coefficient (Wildman–Crippen LogP) is 4.12. The zero-order valence-electron chi connectivity index (χ0n) is 13.7. The Morgan fingerprint density at radius 2 is 2.00 bits per heavy atom. The summed E-state index contributed by atoms with van der Waals surface area (Å²) in [5.74, 6) is 0. The Labute approximate surface area is 129 Å². The standard InChI is InChI=1S/C16H30ClN3/c1-6-9-10-16(7-2,12-18-8-3)11-14-15(17)13(4)19-20(14)5/h18H,6-12H2,1-5H3. The first-order chi connectivity index (χ1) is 9.49. The Hall–Kier alpha value is -0.540. The van der Waals surface area contributed by atoms with Gasteiger partial charge in [-0.05, 0) is 38.1 Å². The van der Waals surface area contributed by atoms with Crippen molar-refractivity contribution in [1.82, 2.24) is 15.1 Å². The van der Waals surface area contributed by atoms with Crippen molar-refractivity contribution < 1.29 is 0 Å². The van der Waals surface area contributed by atoms with Crippen LogP contribution in [-0.4, -0.2) is 22.9 Å². The largest absolute Gasteiger partial charge is 0.316 e. The zero-order chi connectivity index (χ0) is 15.2. The van der Waals surface area contributed by atoms with E-state index in [1.807, 2.05) is 18.7 Å². The average molecular weight is 300 g/mol. The first-order valence-electron chi connectivity index (χ1n) is 7.88. The summed E-state index contributed by atoms with van der Waals surface area (Å²) in [6, 6.07) is 0. The molecule has 0 aliphatic rings. The van der Waals surface area contributed by atoms with Gasteiger partial charge in [-0.3, -0.25) is 4.68 Å². The highest BCUT2D eigenvalue weighted by Gasteiger charge is 2.30. The number of hydrogen-bond donors (Lipinski definition) is 1. The van der Waals surface area contributed by atoms with Crippen molar-refractivity contribution in [2.24, 2.45) is 12.5 Å². The topological polar surface area (TPSA) is 29.9 Å². The summed E-state index contributed by atoms with van der Waals surface area (Å²) in [6.07, 6.45) is 5.93. The van der Waals surface area contributed by atoms with Gasteiger partial charge in [0.05, 0.1) is 16.4 Å². The van der Waals surface area contributed by atoms with Gasteiger partial charge >= 0.3 is 0 Å². The third-order valence-corrected chi connectivity index (χ3v) is 4.86. The monoisotopic (exact) mass is 299 g/mol. The lowest BCUT2D eigenvalue weighted by molar-refractivity contribution is 0.226. The van der Waals surface area contributed by atoms with E-state index in [0.717, 1.165) is 30.2 Å². The molecule has 4 heteroatoms. The fourth-order valence-corrected chi connectivity index (χ4v) is 3.06. The van der Waals surface area contributed by atoms with Crippen LogP contribution in [0.15, 0.2) is 0 Å². The molecule has 1 unspecified atom stereocenters. The van der Waals surface area contributed by atoms with Gasteiger partial charge in [0.25, 0.3) is 0 Å². The molecule has 0 saturated heterocycles. The SMILES string of the molecule is CCCCC(CC)(CNCC)Cc1c(Cl)c(C)nn1C. The van der Waals surface area contributed by atoms with E-state index in [2.05, 4.69) is 31.2 Å². The molecule has 0 aliphatic heterocycles. The fourth-order valence-electron chi connectivity index (χ4n) is 2.84. The first kappa shape index (κ1) is 17.5. The van der Waals surface area contributed by atoms with Gasteiger partial charge < -0.3 is 5.32 Å². The Bertz CT molecular complexity index is 404. The van der Waals surface area contributed by atoms with E-state index in [9.17, 15) is 0 Å². The molecule has 1 rings (SSSR count). The maximum Gasteiger partial charge on any atom is 0.0847 e. The van der Waals surface area contributed by atoms with Crippen LogP contribution in [0.3, 0.4) is 0 Å². The number of nitrogens with zero attached hydrogens (tertiary/aromatic N) is 2. The van der Waals surface area contributed by atoms with Crippen molar-refractivity contribution in [3.05, 3.63) is 16.4 Å². The quantitative estimate of drug-likeness (QED) is 0.743. The zero-order valence-corrected chi connectivity index (χ0v) is 14.5. The van der Waals surface area contributed by atoms with Crippen LogP contribution in [0.5, 0.6) is 0 Å². The fraction of sp³-hybridized carbons (Fsp3) is 0.812. The van der Waals surface area contributed by atoms with Crippen LogP contribution in [0.2, 0.25) is 5.02 Å². The molecule has 0 saturated carbocycles. The van der Waals surface area contributed by atoms with E-state index in [4.69, 9.17) is 11.6 Å². The van der Waals surface area contributed by atoms with Gasteiger partial charge in [-0.1, -0.05) is 45.2 Å². The van der Waals surface area contributed by atoms with Crippen molar-refractivity contribution in [2.75, 3.05) is 13.1 Å². The van der Waals surface area contributed by atoms with Crippen LogP contribution < -0.4 is 5.32 Å². The summed E-state index contributed by atoms with van der Waals surface area (Å²) in [4.78, 5) is 0. The third kappa shape index (κ3) is 4.23. The number of rotatable bonds is 9. The van der Waals surface area contributed by atoms with Gasteiger partial charge in [0.2, 0.25) is 0 Å². The molecule has 0 aromatic carbocycles. The number of aromatic nitrogens is 2. The van der Waals surface area contributed by atoms with Gasteiger partial charge in [0.15, 0.2) is 0 Å². The van der Waals surface area contributed by atoms with Gasteiger partial charge in [-0.15, -0.1) is 0 Å². The minimum Gasteiger partial charge on any atom is -0.316 e. The van der Waals surface area contributed by atoms with Crippen LogP contribution >= 0.6 is 11.6 Å². The Balaban J connectivity index is 2.97. The highest BCUT2D eigenvalue weighted by molar-refractivity contribution is 6.31. The third-order valence-electron chi connectivity index (χ3n) is 4.36. The molecular weight excluding hydrogens is 270 g/mol. The highest BCUT2D eigenvalue weighted by atomic mass is 35.5. The molecule has 0 radical (unpaired) electrons. The summed E-state index contributed by atoms with van der Waals surface area (Å²) < 4.78 is 1.96. The van der Waals surface area contributed by atoms with E-state index in [1.165, 1.54) is 31.4 Å². The second-order valence-corrected chi connectivity index (χ2v) is 6.26. The van der Waals surface area contributed by atoms with Gasteiger partial charge in [0.1, 0.15) is 0 Å². The molecule has 1 aromatic rings. The molecule has 3 nitrogen and oxygen atoms in total. The van der Waals surface area contributed by atoms with Gasteiger partial charge in [-0.25, -0.2) is 0 Å². The van der Waals surface area contributed by atoms with Crippen molar-refractivity contribution in [3.63, 3.8) is 0 Å². The predicted molar refractivity (Wildman–Crippen MR) is 87.5 cm³/mol. The number of nitrogens with one attached hydrogen (secondary N) is 1. The molecule has 0 aliphatic carbocycles. The molecule has 1 atom stereocenters. The maximum atomic E-state index is 6.44. The lowest BCUT2D eigenvalue weighted by Gasteiger charge is -2.33. The normalized spacial score (nSPS) is 14.5.